The smallest absolute Gasteiger partial charge is 0.143 e. The van der Waals surface area contributed by atoms with Gasteiger partial charge in [0.25, 0.3) is 0 Å². The van der Waals surface area contributed by atoms with Crippen LogP contribution >= 0.6 is 15.9 Å². The first-order valence-corrected chi connectivity index (χ1v) is 5.95. The fourth-order valence-electron chi connectivity index (χ4n) is 1.55. The number of halogens is 1. The van der Waals surface area contributed by atoms with Crippen LogP contribution < -0.4 is 15.8 Å². The average Bonchev–Trinajstić information content (AvgIpc) is 2.32. The number of nitrogens with one attached hydrogen (secondary N) is 1. The molecule has 0 amide bonds. The van der Waals surface area contributed by atoms with Gasteiger partial charge in [0.15, 0.2) is 0 Å². The fourth-order valence-corrected chi connectivity index (χ4v) is 1.95. The molecular formula is C13H13BrN2O. The van der Waals surface area contributed by atoms with Gasteiger partial charge in [0.1, 0.15) is 5.75 Å². The second-order valence-corrected chi connectivity index (χ2v) is 4.47. The molecule has 0 aromatic heterocycles. The van der Waals surface area contributed by atoms with Gasteiger partial charge < -0.3 is 15.8 Å². The maximum Gasteiger partial charge on any atom is 0.143 e. The number of hydrogen-bond donors (Lipinski definition) is 2. The molecule has 4 heteroatoms. The number of methoxy groups -OCH3 is 1. The second-order valence-electron chi connectivity index (χ2n) is 3.56. The number of rotatable bonds is 3. The van der Waals surface area contributed by atoms with E-state index in [4.69, 9.17) is 10.5 Å². The minimum atomic E-state index is 0.606. The van der Waals surface area contributed by atoms with Gasteiger partial charge in [-0.05, 0) is 30.3 Å². The first-order valence-electron chi connectivity index (χ1n) is 5.16. The van der Waals surface area contributed by atoms with Crippen molar-refractivity contribution in [1.82, 2.24) is 0 Å². The summed E-state index contributed by atoms with van der Waals surface area (Å²) in [5, 5.41) is 3.25. The Hall–Kier alpha value is -1.68. The summed E-state index contributed by atoms with van der Waals surface area (Å²) in [5.74, 6) is 0.671. The fraction of sp³-hybridized carbons (Fsp3) is 0.0769. The van der Waals surface area contributed by atoms with E-state index in [2.05, 4.69) is 21.2 Å². The third kappa shape index (κ3) is 2.71. The van der Waals surface area contributed by atoms with Crippen LogP contribution in [0.4, 0.5) is 17.1 Å². The summed E-state index contributed by atoms with van der Waals surface area (Å²) < 4.78 is 6.19. The van der Waals surface area contributed by atoms with Gasteiger partial charge in [0.2, 0.25) is 0 Å². The number of anilines is 3. The van der Waals surface area contributed by atoms with Crippen LogP contribution in [0.3, 0.4) is 0 Å². The van der Waals surface area contributed by atoms with E-state index in [1.807, 2.05) is 42.5 Å². The first-order chi connectivity index (χ1) is 8.20. The van der Waals surface area contributed by atoms with Crippen molar-refractivity contribution in [2.45, 2.75) is 0 Å². The molecule has 2 rings (SSSR count). The molecule has 17 heavy (non-hydrogen) atoms. The predicted molar refractivity (Wildman–Crippen MR) is 74.8 cm³/mol. The Labute approximate surface area is 109 Å². The van der Waals surface area contributed by atoms with Crippen LogP contribution in [0.15, 0.2) is 46.9 Å². The van der Waals surface area contributed by atoms with Gasteiger partial charge in [-0.2, -0.15) is 0 Å². The van der Waals surface area contributed by atoms with E-state index in [-0.39, 0.29) is 0 Å². The SMILES string of the molecule is COc1cccc(Nc2cccc(Br)c2)c1N. The van der Waals surface area contributed by atoms with Crippen LogP contribution in [0.25, 0.3) is 0 Å². The van der Waals surface area contributed by atoms with E-state index in [0.717, 1.165) is 15.8 Å². The molecule has 3 N–H and O–H groups in total. The number of benzene rings is 2. The van der Waals surface area contributed by atoms with E-state index in [1.165, 1.54) is 0 Å². The Bertz CT molecular complexity index is 529. The van der Waals surface area contributed by atoms with Gasteiger partial charge in [-0.15, -0.1) is 0 Å². The number of nitrogens with two attached hydrogens (primary N) is 1. The minimum absolute atomic E-state index is 0.606. The highest BCUT2D eigenvalue weighted by molar-refractivity contribution is 9.10. The Morgan fingerprint density at radius 2 is 1.94 bits per heavy atom. The minimum Gasteiger partial charge on any atom is -0.495 e. The number of para-hydroxylation sites is 1. The van der Waals surface area contributed by atoms with Crippen molar-refractivity contribution in [3.8, 4) is 5.75 Å². The topological polar surface area (TPSA) is 47.3 Å². The van der Waals surface area contributed by atoms with Crippen molar-refractivity contribution < 1.29 is 4.74 Å². The summed E-state index contributed by atoms with van der Waals surface area (Å²) in [6.07, 6.45) is 0. The van der Waals surface area contributed by atoms with Gasteiger partial charge in [-0.3, -0.25) is 0 Å². The zero-order valence-electron chi connectivity index (χ0n) is 9.41. The zero-order valence-corrected chi connectivity index (χ0v) is 11.0. The molecule has 0 atom stereocenters. The van der Waals surface area contributed by atoms with Gasteiger partial charge in [0, 0.05) is 10.2 Å². The van der Waals surface area contributed by atoms with Gasteiger partial charge in [-0.1, -0.05) is 28.1 Å². The average molecular weight is 293 g/mol. The molecule has 88 valence electrons. The van der Waals surface area contributed by atoms with Crippen molar-refractivity contribution in [2.24, 2.45) is 0 Å². The molecule has 0 aliphatic heterocycles. The van der Waals surface area contributed by atoms with Crippen LogP contribution in [0.5, 0.6) is 5.75 Å². The molecule has 0 saturated heterocycles. The van der Waals surface area contributed by atoms with Crippen LogP contribution in [0, 0.1) is 0 Å². The molecule has 0 radical (unpaired) electrons. The van der Waals surface area contributed by atoms with Crippen LogP contribution in [-0.2, 0) is 0 Å². The summed E-state index contributed by atoms with van der Waals surface area (Å²) in [4.78, 5) is 0. The summed E-state index contributed by atoms with van der Waals surface area (Å²) in [5.41, 5.74) is 8.39. The van der Waals surface area contributed by atoms with Crippen molar-refractivity contribution in [3.63, 3.8) is 0 Å². The number of nitrogen functional groups attached to an aromatic ring is 1. The highest BCUT2D eigenvalue weighted by Crippen LogP contribution is 2.31. The van der Waals surface area contributed by atoms with Crippen LogP contribution in [0.2, 0.25) is 0 Å². The summed E-state index contributed by atoms with van der Waals surface area (Å²) >= 11 is 3.43. The molecule has 0 saturated carbocycles. The quantitative estimate of drug-likeness (QED) is 0.847. The zero-order chi connectivity index (χ0) is 12.3. The Morgan fingerprint density at radius 3 is 2.65 bits per heavy atom. The summed E-state index contributed by atoms with van der Waals surface area (Å²) in [7, 11) is 1.61. The molecule has 0 fully saturated rings. The van der Waals surface area contributed by atoms with Crippen molar-refractivity contribution in [2.75, 3.05) is 18.2 Å². The van der Waals surface area contributed by atoms with Crippen LogP contribution in [0.1, 0.15) is 0 Å². The summed E-state index contributed by atoms with van der Waals surface area (Å²) in [6.45, 7) is 0. The standard InChI is InChI=1S/C13H13BrN2O/c1-17-12-7-3-6-11(13(12)15)16-10-5-2-4-9(14)8-10/h2-8,16H,15H2,1H3. The molecule has 0 unspecified atom stereocenters. The Morgan fingerprint density at radius 1 is 1.18 bits per heavy atom. The predicted octanol–water partition coefficient (Wildman–Crippen LogP) is 3.78. The van der Waals surface area contributed by atoms with Gasteiger partial charge in [0.05, 0.1) is 18.5 Å². The molecule has 3 nitrogen and oxygen atoms in total. The molecular weight excluding hydrogens is 280 g/mol. The molecule has 2 aromatic carbocycles. The molecule has 0 spiro atoms. The Balaban J connectivity index is 2.30. The monoisotopic (exact) mass is 292 g/mol. The highest BCUT2D eigenvalue weighted by atomic mass is 79.9. The lowest BCUT2D eigenvalue weighted by Crippen LogP contribution is -1.98. The number of hydrogen-bond acceptors (Lipinski definition) is 3. The van der Waals surface area contributed by atoms with Crippen LogP contribution in [-0.4, -0.2) is 7.11 Å². The molecule has 0 bridgehead atoms. The molecule has 0 aliphatic rings. The lowest BCUT2D eigenvalue weighted by Gasteiger charge is -2.12. The van der Waals surface area contributed by atoms with E-state index < -0.39 is 0 Å². The normalized spacial score (nSPS) is 10.0. The van der Waals surface area contributed by atoms with Crippen molar-refractivity contribution >= 4 is 33.0 Å². The third-order valence-electron chi connectivity index (χ3n) is 2.39. The highest BCUT2D eigenvalue weighted by Gasteiger charge is 2.05. The molecule has 2 aromatic rings. The molecule has 0 aliphatic carbocycles. The lowest BCUT2D eigenvalue weighted by molar-refractivity contribution is 0.417. The Kier molecular flexibility index (Phi) is 3.54. The van der Waals surface area contributed by atoms with E-state index in [0.29, 0.717) is 11.4 Å². The van der Waals surface area contributed by atoms with E-state index in [9.17, 15) is 0 Å². The largest absolute Gasteiger partial charge is 0.495 e. The summed E-state index contributed by atoms with van der Waals surface area (Å²) in [6, 6.07) is 13.5. The third-order valence-corrected chi connectivity index (χ3v) is 2.88. The maximum atomic E-state index is 5.98. The lowest BCUT2D eigenvalue weighted by atomic mass is 10.2. The van der Waals surface area contributed by atoms with Gasteiger partial charge in [-0.25, -0.2) is 0 Å². The van der Waals surface area contributed by atoms with E-state index >= 15 is 0 Å². The van der Waals surface area contributed by atoms with Crippen molar-refractivity contribution in [1.29, 1.82) is 0 Å². The first kappa shape index (κ1) is 11.8. The molecule has 0 heterocycles. The number of ether oxygens (including phenoxy) is 1. The second kappa shape index (κ2) is 5.10. The van der Waals surface area contributed by atoms with Gasteiger partial charge >= 0.3 is 0 Å². The van der Waals surface area contributed by atoms with Crippen molar-refractivity contribution in [3.05, 3.63) is 46.9 Å². The van der Waals surface area contributed by atoms with E-state index in [1.54, 1.807) is 7.11 Å². The maximum absolute atomic E-state index is 5.98.